The summed E-state index contributed by atoms with van der Waals surface area (Å²) in [5.74, 6) is 0.0894. The topological polar surface area (TPSA) is 32.3 Å². The monoisotopic (exact) mass is 244 g/mol. The average molecular weight is 244 g/mol. The maximum atomic E-state index is 11.6. The molecule has 1 aromatic rings. The zero-order chi connectivity index (χ0) is 13.0. The number of hydrogen-bond donors (Lipinski definition) is 1. The highest BCUT2D eigenvalue weighted by Gasteiger charge is 2.22. The molecule has 1 atom stereocenters. The molecule has 2 rings (SSSR count). The third-order valence-electron chi connectivity index (χ3n) is 3.56. The van der Waals surface area contributed by atoms with Crippen LogP contribution in [-0.2, 0) is 4.79 Å². The van der Waals surface area contributed by atoms with Crippen LogP contribution in [0.5, 0.6) is 0 Å². The number of rotatable bonds is 3. The summed E-state index contributed by atoms with van der Waals surface area (Å²) in [4.78, 5) is 13.8. The molecule has 0 aliphatic carbocycles. The van der Waals surface area contributed by atoms with E-state index in [1.165, 1.54) is 11.1 Å². The number of likely N-dealkylation sites (N-methyl/N-ethyl adjacent to an activating group) is 1. The first kappa shape index (κ1) is 12.8. The number of nitrogens with one attached hydrogen (secondary N) is 1. The largest absolute Gasteiger partial charge is 0.358 e. The molecule has 0 spiro atoms. The lowest BCUT2D eigenvalue weighted by molar-refractivity contribution is -0.125. The molecule has 1 heterocycles. The summed E-state index contributed by atoms with van der Waals surface area (Å²) >= 11 is 0. The fourth-order valence-electron chi connectivity index (χ4n) is 2.33. The molecule has 0 aromatic heterocycles. The minimum absolute atomic E-state index is 0.0522. The van der Waals surface area contributed by atoms with Crippen molar-refractivity contribution in [2.45, 2.75) is 19.4 Å². The Morgan fingerprint density at radius 3 is 2.61 bits per heavy atom. The predicted molar refractivity (Wildman–Crippen MR) is 74.1 cm³/mol. The molecule has 0 bridgehead atoms. The second-order valence-corrected chi connectivity index (χ2v) is 4.63. The van der Waals surface area contributed by atoms with Crippen molar-refractivity contribution in [2.24, 2.45) is 0 Å². The van der Waals surface area contributed by atoms with Crippen LogP contribution in [0.3, 0.4) is 0 Å². The van der Waals surface area contributed by atoms with Gasteiger partial charge in [-0.2, -0.15) is 0 Å². The molecule has 96 valence electrons. The van der Waals surface area contributed by atoms with Crippen LogP contribution in [0.4, 0.5) is 0 Å². The van der Waals surface area contributed by atoms with Crippen LogP contribution in [0, 0.1) is 0 Å². The quantitative estimate of drug-likeness (QED) is 0.881. The van der Waals surface area contributed by atoms with Crippen LogP contribution in [0.25, 0.3) is 5.57 Å². The first-order chi connectivity index (χ1) is 8.72. The second kappa shape index (κ2) is 5.83. The molecule has 0 saturated heterocycles. The van der Waals surface area contributed by atoms with Gasteiger partial charge in [0, 0.05) is 20.1 Å². The van der Waals surface area contributed by atoms with Gasteiger partial charge in [0.1, 0.15) is 0 Å². The number of carbonyl (C=O) groups is 1. The molecule has 18 heavy (non-hydrogen) atoms. The molecule has 1 amide bonds. The Morgan fingerprint density at radius 1 is 1.33 bits per heavy atom. The van der Waals surface area contributed by atoms with Crippen LogP contribution >= 0.6 is 0 Å². The number of amides is 1. The van der Waals surface area contributed by atoms with Crippen molar-refractivity contribution in [3.63, 3.8) is 0 Å². The van der Waals surface area contributed by atoms with Gasteiger partial charge in [-0.1, -0.05) is 36.4 Å². The summed E-state index contributed by atoms with van der Waals surface area (Å²) in [5.41, 5.74) is 2.68. The van der Waals surface area contributed by atoms with Crippen molar-refractivity contribution < 1.29 is 4.79 Å². The van der Waals surface area contributed by atoms with Gasteiger partial charge in [0.2, 0.25) is 5.91 Å². The molecule has 1 aromatic carbocycles. The number of benzene rings is 1. The Morgan fingerprint density at radius 2 is 2.06 bits per heavy atom. The fourth-order valence-corrected chi connectivity index (χ4v) is 2.33. The number of hydrogen-bond acceptors (Lipinski definition) is 2. The Bertz CT molecular complexity index is 439. The Balaban J connectivity index is 2.02. The van der Waals surface area contributed by atoms with Crippen LogP contribution in [0.1, 0.15) is 18.9 Å². The van der Waals surface area contributed by atoms with Gasteiger partial charge in [0.15, 0.2) is 0 Å². The first-order valence-electron chi connectivity index (χ1n) is 6.42. The van der Waals surface area contributed by atoms with Crippen molar-refractivity contribution >= 4 is 11.5 Å². The van der Waals surface area contributed by atoms with E-state index in [2.05, 4.69) is 40.6 Å². The Kier molecular flexibility index (Phi) is 4.15. The van der Waals surface area contributed by atoms with Crippen LogP contribution in [0.15, 0.2) is 36.4 Å². The molecule has 3 heteroatoms. The third kappa shape index (κ3) is 2.79. The van der Waals surface area contributed by atoms with Gasteiger partial charge in [-0.15, -0.1) is 0 Å². The van der Waals surface area contributed by atoms with Gasteiger partial charge in [-0.05, 0) is 24.5 Å². The molecule has 0 saturated carbocycles. The fraction of sp³-hybridized carbons (Fsp3) is 0.400. The molecule has 1 aliphatic heterocycles. The molecule has 0 radical (unpaired) electrons. The van der Waals surface area contributed by atoms with E-state index in [1.807, 2.05) is 13.0 Å². The minimum atomic E-state index is -0.0522. The van der Waals surface area contributed by atoms with Crippen LogP contribution in [0.2, 0.25) is 0 Å². The van der Waals surface area contributed by atoms with Gasteiger partial charge < -0.3 is 5.32 Å². The number of carbonyl (C=O) groups excluding carboxylic acids is 1. The maximum Gasteiger partial charge on any atom is 0.236 e. The number of nitrogens with zero attached hydrogens (tertiary/aromatic N) is 1. The van der Waals surface area contributed by atoms with Gasteiger partial charge in [0.25, 0.3) is 0 Å². The lowest BCUT2D eigenvalue weighted by atomic mass is 9.99. The van der Waals surface area contributed by atoms with Gasteiger partial charge in [-0.3, -0.25) is 9.69 Å². The average Bonchev–Trinajstić information content (AvgIpc) is 2.47. The van der Waals surface area contributed by atoms with E-state index in [-0.39, 0.29) is 11.9 Å². The van der Waals surface area contributed by atoms with E-state index in [9.17, 15) is 4.79 Å². The van der Waals surface area contributed by atoms with E-state index in [1.54, 1.807) is 7.05 Å². The highest BCUT2D eigenvalue weighted by atomic mass is 16.2. The van der Waals surface area contributed by atoms with Crippen LogP contribution < -0.4 is 5.32 Å². The van der Waals surface area contributed by atoms with E-state index >= 15 is 0 Å². The summed E-state index contributed by atoms with van der Waals surface area (Å²) in [6, 6.07) is 10.4. The smallest absolute Gasteiger partial charge is 0.236 e. The zero-order valence-electron chi connectivity index (χ0n) is 11.0. The second-order valence-electron chi connectivity index (χ2n) is 4.63. The van der Waals surface area contributed by atoms with E-state index in [0.717, 1.165) is 19.5 Å². The lowest BCUT2D eigenvalue weighted by Crippen LogP contribution is -2.45. The lowest BCUT2D eigenvalue weighted by Gasteiger charge is -2.30. The van der Waals surface area contributed by atoms with Crippen molar-refractivity contribution in [3.8, 4) is 0 Å². The standard InChI is InChI=1S/C15H20N2O/c1-12(15(18)16-2)17-10-8-14(9-11-17)13-6-4-3-5-7-13/h3-8,12H,9-11H2,1-2H3,(H,16,18)/t12-/m1/s1. The summed E-state index contributed by atoms with van der Waals surface area (Å²) in [6.07, 6.45) is 3.24. The summed E-state index contributed by atoms with van der Waals surface area (Å²) in [6.45, 7) is 3.74. The molecule has 3 nitrogen and oxygen atoms in total. The molecule has 0 fully saturated rings. The SMILES string of the molecule is CNC(=O)[C@@H](C)N1CC=C(c2ccccc2)CC1. The van der Waals surface area contributed by atoms with Gasteiger partial charge in [-0.25, -0.2) is 0 Å². The third-order valence-corrected chi connectivity index (χ3v) is 3.56. The first-order valence-corrected chi connectivity index (χ1v) is 6.42. The molecule has 1 N–H and O–H groups in total. The highest BCUT2D eigenvalue weighted by molar-refractivity contribution is 5.81. The normalized spacial score (nSPS) is 18.0. The zero-order valence-corrected chi connectivity index (χ0v) is 11.0. The maximum absolute atomic E-state index is 11.6. The van der Waals surface area contributed by atoms with E-state index in [4.69, 9.17) is 0 Å². The van der Waals surface area contributed by atoms with Crippen LogP contribution in [-0.4, -0.2) is 37.0 Å². The van der Waals surface area contributed by atoms with Gasteiger partial charge in [0.05, 0.1) is 6.04 Å². The van der Waals surface area contributed by atoms with E-state index in [0.29, 0.717) is 0 Å². The summed E-state index contributed by atoms with van der Waals surface area (Å²) in [7, 11) is 1.69. The van der Waals surface area contributed by atoms with Crippen molar-refractivity contribution in [3.05, 3.63) is 42.0 Å². The predicted octanol–water partition coefficient (Wildman–Crippen LogP) is 1.91. The molecule has 0 unspecified atom stereocenters. The minimum Gasteiger partial charge on any atom is -0.358 e. The molecular weight excluding hydrogens is 224 g/mol. The van der Waals surface area contributed by atoms with Gasteiger partial charge >= 0.3 is 0 Å². The Hall–Kier alpha value is -1.61. The highest BCUT2D eigenvalue weighted by Crippen LogP contribution is 2.22. The molecule has 1 aliphatic rings. The van der Waals surface area contributed by atoms with E-state index < -0.39 is 0 Å². The van der Waals surface area contributed by atoms with Crippen molar-refractivity contribution in [2.75, 3.05) is 20.1 Å². The Labute approximate surface area is 108 Å². The summed E-state index contributed by atoms with van der Waals surface area (Å²) < 4.78 is 0. The van der Waals surface area contributed by atoms with Crippen molar-refractivity contribution in [1.29, 1.82) is 0 Å². The molecular formula is C15H20N2O. The van der Waals surface area contributed by atoms with Crippen molar-refractivity contribution in [1.82, 2.24) is 10.2 Å². The summed E-state index contributed by atoms with van der Waals surface area (Å²) in [5, 5.41) is 2.70.